The van der Waals surface area contributed by atoms with E-state index < -0.39 is 0 Å². The van der Waals surface area contributed by atoms with Gasteiger partial charge in [-0.25, -0.2) is 4.79 Å². The van der Waals surface area contributed by atoms with Gasteiger partial charge >= 0.3 is 6.03 Å². The maximum atomic E-state index is 12.8. The third-order valence-electron chi connectivity index (χ3n) is 4.62. The van der Waals surface area contributed by atoms with Crippen molar-refractivity contribution in [3.63, 3.8) is 0 Å². The molecule has 136 valence electrons. The fourth-order valence-electron chi connectivity index (χ4n) is 3.31. The van der Waals surface area contributed by atoms with E-state index in [1.165, 1.54) is 6.42 Å². The Morgan fingerprint density at radius 2 is 1.38 bits per heavy atom. The normalized spacial score (nSPS) is 14.5. The summed E-state index contributed by atoms with van der Waals surface area (Å²) in [6, 6.07) is 18.9. The highest BCUT2D eigenvalue weighted by Gasteiger charge is 2.20. The summed E-state index contributed by atoms with van der Waals surface area (Å²) in [5.41, 5.74) is 1.55. The van der Waals surface area contributed by atoms with Crippen molar-refractivity contribution in [3.05, 3.63) is 60.7 Å². The van der Waals surface area contributed by atoms with Crippen molar-refractivity contribution in [2.45, 2.75) is 38.1 Å². The number of hydrogen-bond acceptors (Lipinski definition) is 2. The Morgan fingerprint density at radius 3 is 1.92 bits per heavy atom. The Bertz CT molecular complexity index is 673. The number of amides is 3. The number of hydrogen-bond donors (Lipinski definition) is 2. The van der Waals surface area contributed by atoms with Crippen LogP contribution in [0.4, 0.5) is 16.2 Å². The maximum Gasteiger partial charge on any atom is 0.315 e. The average Bonchev–Trinajstić information content (AvgIpc) is 2.69. The number of carbonyl (C=O) groups excluding carboxylic acids is 2. The Labute approximate surface area is 154 Å². The second kappa shape index (κ2) is 9.04. The number of nitrogens with zero attached hydrogens (tertiary/aromatic N) is 1. The number of anilines is 2. The molecule has 0 atom stereocenters. The van der Waals surface area contributed by atoms with Crippen LogP contribution in [0.2, 0.25) is 0 Å². The molecular weight excluding hydrogens is 326 g/mol. The fraction of sp³-hybridized carbons (Fsp3) is 0.333. The Kier molecular flexibility index (Phi) is 6.25. The second-order valence-electron chi connectivity index (χ2n) is 6.56. The lowest BCUT2D eigenvalue weighted by Crippen LogP contribution is -2.46. The van der Waals surface area contributed by atoms with Crippen LogP contribution in [0.1, 0.15) is 32.1 Å². The molecular formula is C21H25N3O2. The van der Waals surface area contributed by atoms with Gasteiger partial charge in [-0.15, -0.1) is 0 Å². The minimum Gasteiger partial charge on any atom is -0.335 e. The molecule has 0 heterocycles. The van der Waals surface area contributed by atoms with Gasteiger partial charge in [0.15, 0.2) is 0 Å². The lowest BCUT2D eigenvalue weighted by molar-refractivity contribution is -0.116. The number of urea groups is 1. The summed E-state index contributed by atoms with van der Waals surface area (Å²) in [6.07, 6.45) is 5.57. The zero-order chi connectivity index (χ0) is 18.2. The van der Waals surface area contributed by atoms with Gasteiger partial charge in [-0.1, -0.05) is 55.7 Å². The first-order chi connectivity index (χ1) is 12.7. The van der Waals surface area contributed by atoms with Gasteiger partial charge in [-0.05, 0) is 37.1 Å². The molecule has 0 aromatic heterocycles. The van der Waals surface area contributed by atoms with Crippen molar-refractivity contribution in [1.82, 2.24) is 10.6 Å². The maximum absolute atomic E-state index is 12.8. The molecule has 26 heavy (non-hydrogen) atoms. The highest BCUT2D eigenvalue weighted by Crippen LogP contribution is 2.24. The molecule has 0 saturated heterocycles. The standard InChI is InChI=1S/C21H25N3O2/c25-20(16-22-21(26)23-17-10-4-1-5-11-17)24(18-12-6-2-7-13-18)19-14-8-3-9-15-19/h2-3,6-9,12-15,17H,1,4-5,10-11,16H2,(H2,22,23,26). The molecule has 1 saturated carbocycles. The molecule has 0 unspecified atom stereocenters. The van der Waals surface area contributed by atoms with E-state index in [1.54, 1.807) is 4.90 Å². The van der Waals surface area contributed by atoms with Crippen LogP contribution in [0.15, 0.2) is 60.7 Å². The van der Waals surface area contributed by atoms with E-state index in [2.05, 4.69) is 10.6 Å². The minimum atomic E-state index is -0.272. The largest absolute Gasteiger partial charge is 0.335 e. The van der Waals surface area contributed by atoms with E-state index in [-0.39, 0.29) is 24.5 Å². The van der Waals surface area contributed by atoms with Crippen molar-refractivity contribution in [3.8, 4) is 0 Å². The number of nitrogens with one attached hydrogen (secondary N) is 2. The first-order valence-electron chi connectivity index (χ1n) is 9.21. The SMILES string of the molecule is O=C(NCC(=O)N(c1ccccc1)c1ccccc1)NC1CCCCC1. The van der Waals surface area contributed by atoms with Crippen molar-refractivity contribution < 1.29 is 9.59 Å². The number of para-hydroxylation sites is 2. The summed E-state index contributed by atoms with van der Waals surface area (Å²) in [5.74, 6) is -0.179. The van der Waals surface area contributed by atoms with E-state index in [0.29, 0.717) is 0 Å². The predicted octanol–water partition coefficient (Wildman–Crippen LogP) is 3.98. The molecule has 5 heteroatoms. The van der Waals surface area contributed by atoms with Crippen LogP contribution in [-0.2, 0) is 4.79 Å². The Hall–Kier alpha value is -2.82. The molecule has 2 aromatic rings. The van der Waals surface area contributed by atoms with Gasteiger partial charge in [0.1, 0.15) is 0 Å². The second-order valence-corrected chi connectivity index (χ2v) is 6.56. The molecule has 3 rings (SSSR count). The van der Waals surface area contributed by atoms with Crippen LogP contribution in [-0.4, -0.2) is 24.5 Å². The van der Waals surface area contributed by atoms with Crippen molar-refractivity contribution >= 4 is 23.3 Å². The quantitative estimate of drug-likeness (QED) is 0.856. The number of rotatable bonds is 5. The fourth-order valence-corrected chi connectivity index (χ4v) is 3.31. The molecule has 0 aliphatic heterocycles. The first kappa shape index (κ1) is 18.0. The molecule has 3 amide bonds. The van der Waals surface area contributed by atoms with Crippen LogP contribution in [0.25, 0.3) is 0 Å². The van der Waals surface area contributed by atoms with Gasteiger partial charge in [0, 0.05) is 17.4 Å². The molecule has 2 N–H and O–H groups in total. The van der Waals surface area contributed by atoms with Crippen LogP contribution in [0, 0.1) is 0 Å². The first-order valence-corrected chi connectivity index (χ1v) is 9.21. The highest BCUT2D eigenvalue weighted by atomic mass is 16.2. The average molecular weight is 351 g/mol. The van der Waals surface area contributed by atoms with Gasteiger partial charge in [0.05, 0.1) is 6.54 Å². The summed E-state index contributed by atoms with van der Waals surface area (Å²) >= 11 is 0. The molecule has 2 aromatic carbocycles. The van der Waals surface area contributed by atoms with E-state index in [4.69, 9.17) is 0 Å². The zero-order valence-electron chi connectivity index (χ0n) is 14.9. The van der Waals surface area contributed by atoms with E-state index in [1.807, 2.05) is 60.7 Å². The third kappa shape index (κ3) is 4.85. The van der Waals surface area contributed by atoms with Gasteiger partial charge in [0.25, 0.3) is 5.91 Å². The minimum absolute atomic E-state index is 0.0532. The smallest absolute Gasteiger partial charge is 0.315 e. The molecule has 0 bridgehead atoms. The lowest BCUT2D eigenvalue weighted by Gasteiger charge is -2.25. The third-order valence-corrected chi connectivity index (χ3v) is 4.62. The van der Waals surface area contributed by atoms with Crippen LogP contribution in [0.5, 0.6) is 0 Å². The number of benzene rings is 2. The Balaban J connectivity index is 1.63. The van der Waals surface area contributed by atoms with Gasteiger partial charge in [-0.2, -0.15) is 0 Å². The Morgan fingerprint density at radius 1 is 0.846 bits per heavy atom. The molecule has 0 radical (unpaired) electrons. The molecule has 0 spiro atoms. The van der Waals surface area contributed by atoms with E-state index in [0.717, 1.165) is 37.1 Å². The van der Waals surface area contributed by atoms with Crippen LogP contribution in [0.3, 0.4) is 0 Å². The summed E-state index contributed by atoms with van der Waals surface area (Å²) in [5, 5.41) is 5.68. The van der Waals surface area contributed by atoms with Gasteiger partial charge < -0.3 is 10.6 Å². The zero-order valence-corrected chi connectivity index (χ0v) is 14.9. The molecule has 1 aliphatic rings. The monoisotopic (exact) mass is 351 g/mol. The van der Waals surface area contributed by atoms with Gasteiger partial charge in [0.2, 0.25) is 0 Å². The van der Waals surface area contributed by atoms with E-state index >= 15 is 0 Å². The van der Waals surface area contributed by atoms with Gasteiger partial charge in [-0.3, -0.25) is 9.69 Å². The summed E-state index contributed by atoms with van der Waals surface area (Å²) in [4.78, 5) is 26.6. The topological polar surface area (TPSA) is 61.4 Å². The van der Waals surface area contributed by atoms with Crippen molar-refractivity contribution in [2.24, 2.45) is 0 Å². The molecule has 5 nitrogen and oxygen atoms in total. The summed E-state index contributed by atoms with van der Waals surface area (Å²) < 4.78 is 0. The van der Waals surface area contributed by atoms with E-state index in [9.17, 15) is 9.59 Å². The highest BCUT2D eigenvalue weighted by molar-refractivity contribution is 6.02. The van der Waals surface area contributed by atoms with Crippen molar-refractivity contribution in [1.29, 1.82) is 0 Å². The lowest BCUT2D eigenvalue weighted by atomic mass is 9.96. The molecule has 1 fully saturated rings. The van der Waals surface area contributed by atoms with Crippen molar-refractivity contribution in [2.75, 3.05) is 11.4 Å². The van der Waals surface area contributed by atoms with Crippen LogP contribution < -0.4 is 15.5 Å². The summed E-state index contributed by atoms with van der Waals surface area (Å²) in [6.45, 7) is -0.0532. The summed E-state index contributed by atoms with van der Waals surface area (Å²) in [7, 11) is 0. The number of carbonyl (C=O) groups is 2. The molecule has 1 aliphatic carbocycles. The van der Waals surface area contributed by atoms with Crippen LogP contribution >= 0.6 is 0 Å². The predicted molar refractivity (Wildman–Crippen MR) is 103 cm³/mol.